The topological polar surface area (TPSA) is 67.9 Å². The first kappa shape index (κ1) is 24.7. The fourth-order valence-electron chi connectivity index (χ4n) is 3.28. The summed E-state index contributed by atoms with van der Waals surface area (Å²) < 4.78 is 12.2. The van der Waals surface area contributed by atoms with Crippen molar-refractivity contribution in [2.75, 3.05) is 12.0 Å². The van der Waals surface area contributed by atoms with Crippen LogP contribution >= 0.6 is 57.4 Å². The molecule has 0 atom stereocenters. The molecule has 1 aliphatic rings. The maximum absolute atomic E-state index is 12.9. The van der Waals surface area contributed by atoms with Gasteiger partial charge >= 0.3 is 6.03 Å². The van der Waals surface area contributed by atoms with Crippen molar-refractivity contribution in [3.05, 3.63) is 90.1 Å². The Bertz CT molecular complexity index is 1310. The molecule has 0 unspecified atom stereocenters. The van der Waals surface area contributed by atoms with Crippen molar-refractivity contribution >= 4 is 81.1 Å². The molecule has 0 bridgehead atoms. The largest absolute Gasteiger partial charge is 0.493 e. The number of benzene rings is 3. The van der Waals surface area contributed by atoms with E-state index in [1.54, 1.807) is 54.6 Å². The number of nitrogens with zero attached hydrogens (tertiary/aromatic N) is 1. The molecule has 174 valence electrons. The molecule has 0 spiro atoms. The highest BCUT2D eigenvalue weighted by Crippen LogP contribution is 2.36. The predicted molar refractivity (Wildman–Crippen MR) is 142 cm³/mol. The first-order valence-electron chi connectivity index (χ1n) is 9.84. The van der Waals surface area contributed by atoms with Gasteiger partial charge in [-0.2, -0.15) is 0 Å². The van der Waals surface area contributed by atoms with Crippen LogP contribution in [0.3, 0.4) is 0 Å². The molecule has 0 saturated carbocycles. The minimum atomic E-state index is -0.542. The quantitative estimate of drug-likeness (QED) is 0.182. The summed E-state index contributed by atoms with van der Waals surface area (Å²) in [5, 5.41) is 4.16. The molecule has 1 fully saturated rings. The van der Waals surface area contributed by atoms with Gasteiger partial charge in [-0.15, -0.1) is 0 Å². The van der Waals surface area contributed by atoms with E-state index in [4.69, 9.17) is 44.3 Å². The molecule has 0 radical (unpaired) electrons. The number of hydrogen-bond acceptors (Lipinski definition) is 4. The number of carbonyl (C=O) groups is 2. The second-order valence-corrected chi connectivity index (χ2v) is 9.61. The van der Waals surface area contributed by atoms with Crippen molar-refractivity contribution in [3.63, 3.8) is 0 Å². The standard InChI is InChI=1S/C24H16Cl3IN2O4/c1-33-21-10-13(8-19(28)22(21)34-12-14-2-3-16(26)11-18(14)27)9-20-23(31)30(24(32)29-20)17-6-4-15(25)5-7-17/h2-11H,12H2,1H3,(H,29,32)/b20-9+. The van der Waals surface area contributed by atoms with Gasteiger partial charge in [0, 0.05) is 20.6 Å². The number of anilines is 1. The minimum absolute atomic E-state index is 0.138. The Labute approximate surface area is 224 Å². The van der Waals surface area contributed by atoms with Gasteiger partial charge in [-0.1, -0.05) is 40.9 Å². The minimum Gasteiger partial charge on any atom is -0.493 e. The lowest BCUT2D eigenvalue weighted by Gasteiger charge is -2.14. The highest BCUT2D eigenvalue weighted by molar-refractivity contribution is 14.1. The zero-order chi connectivity index (χ0) is 24.4. The van der Waals surface area contributed by atoms with Crippen LogP contribution in [0.5, 0.6) is 11.5 Å². The molecule has 34 heavy (non-hydrogen) atoms. The molecule has 1 aliphatic heterocycles. The number of ether oxygens (including phenoxy) is 2. The first-order valence-corrected chi connectivity index (χ1v) is 12.0. The van der Waals surface area contributed by atoms with Crippen LogP contribution in [0, 0.1) is 3.57 Å². The van der Waals surface area contributed by atoms with Crippen LogP contribution in [0.2, 0.25) is 15.1 Å². The SMILES string of the molecule is COc1cc(/C=C2/NC(=O)N(c3ccc(Cl)cc3)C2=O)cc(I)c1OCc1ccc(Cl)cc1Cl. The van der Waals surface area contributed by atoms with E-state index in [2.05, 4.69) is 27.9 Å². The number of amides is 3. The Morgan fingerprint density at radius 3 is 2.38 bits per heavy atom. The monoisotopic (exact) mass is 628 g/mol. The lowest BCUT2D eigenvalue weighted by Crippen LogP contribution is -2.30. The second kappa shape index (κ2) is 10.4. The predicted octanol–water partition coefficient (Wildman–Crippen LogP) is 6.94. The van der Waals surface area contributed by atoms with Crippen LogP contribution in [0.15, 0.2) is 60.3 Å². The Morgan fingerprint density at radius 2 is 1.71 bits per heavy atom. The van der Waals surface area contributed by atoms with E-state index >= 15 is 0 Å². The lowest BCUT2D eigenvalue weighted by molar-refractivity contribution is -0.113. The van der Waals surface area contributed by atoms with Gasteiger partial charge < -0.3 is 14.8 Å². The average Bonchev–Trinajstić information content (AvgIpc) is 3.07. The van der Waals surface area contributed by atoms with E-state index in [0.717, 1.165) is 14.0 Å². The molecule has 1 N–H and O–H groups in total. The van der Waals surface area contributed by atoms with Gasteiger partial charge in [-0.05, 0) is 82.8 Å². The third-order valence-electron chi connectivity index (χ3n) is 4.91. The molecule has 0 aliphatic carbocycles. The fourth-order valence-corrected chi connectivity index (χ4v) is 4.65. The Morgan fingerprint density at radius 1 is 1.00 bits per heavy atom. The molecule has 1 saturated heterocycles. The third kappa shape index (κ3) is 5.27. The number of rotatable bonds is 6. The number of methoxy groups -OCH3 is 1. The number of urea groups is 1. The van der Waals surface area contributed by atoms with Gasteiger partial charge in [0.15, 0.2) is 11.5 Å². The van der Waals surface area contributed by atoms with Crippen molar-refractivity contribution in [2.45, 2.75) is 6.61 Å². The molecule has 3 amide bonds. The molecule has 3 aromatic carbocycles. The third-order valence-corrected chi connectivity index (χ3v) is 6.55. The van der Waals surface area contributed by atoms with E-state index < -0.39 is 11.9 Å². The maximum Gasteiger partial charge on any atom is 0.333 e. The van der Waals surface area contributed by atoms with Gasteiger partial charge in [0.25, 0.3) is 5.91 Å². The highest BCUT2D eigenvalue weighted by atomic mass is 127. The number of nitrogens with one attached hydrogen (secondary N) is 1. The van der Waals surface area contributed by atoms with Gasteiger partial charge in [0.05, 0.1) is 16.4 Å². The van der Waals surface area contributed by atoms with E-state index in [0.29, 0.717) is 37.8 Å². The van der Waals surface area contributed by atoms with Crippen molar-refractivity contribution in [1.82, 2.24) is 5.32 Å². The zero-order valence-electron chi connectivity index (χ0n) is 17.6. The summed E-state index contributed by atoms with van der Waals surface area (Å²) in [6, 6.07) is 14.6. The summed E-state index contributed by atoms with van der Waals surface area (Å²) in [5.41, 5.74) is 1.99. The van der Waals surface area contributed by atoms with Crippen LogP contribution in [0.4, 0.5) is 10.5 Å². The van der Waals surface area contributed by atoms with E-state index in [-0.39, 0.29) is 12.3 Å². The molecule has 6 nitrogen and oxygen atoms in total. The van der Waals surface area contributed by atoms with E-state index in [1.165, 1.54) is 7.11 Å². The van der Waals surface area contributed by atoms with Crippen molar-refractivity contribution < 1.29 is 19.1 Å². The zero-order valence-corrected chi connectivity index (χ0v) is 22.0. The van der Waals surface area contributed by atoms with Crippen LogP contribution in [-0.4, -0.2) is 19.0 Å². The normalized spacial score (nSPS) is 14.5. The second-order valence-electron chi connectivity index (χ2n) is 7.16. The molecule has 1 heterocycles. The van der Waals surface area contributed by atoms with Crippen LogP contribution in [0.1, 0.15) is 11.1 Å². The summed E-state index contributed by atoms with van der Waals surface area (Å²) in [6.07, 6.45) is 1.58. The van der Waals surface area contributed by atoms with Gasteiger partial charge in [0.2, 0.25) is 0 Å². The van der Waals surface area contributed by atoms with Crippen molar-refractivity contribution in [1.29, 1.82) is 0 Å². The van der Waals surface area contributed by atoms with Crippen molar-refractivity contribution in [2.24, 2.45) is 0 Å². The number of carbonyl (C=O) groups excluding carboxylic acids is 2. The number of halogens is 4. The van der Waals surface area contributed by atoms with Gasteiger partial charge in [-0.25, -0.2) is 9.69 Å². The smallest absolute Gasteiger partial charge is 0.333 e. The first-order chi connectivity index (χ1) is 16.3. The lowest BCUT2D eigenvalue weighted by atomic mass is 10.1. The van der Waals surface area contributed by atoms with Crippen LogP contribution < -0.4 is 19.7 Å². The Hall–Kier alpha value is -2.46. The summed E-state index contributed by atoms with van der Waals surface area (Å²) in [5.74, 6) is 0.523. The molecule has 10 heteroatoms. The highest BCUT2D eigenvalue weighted by Gasteiger charge is 2.34. The average molecular weight is 630 g/mol. The van der Waals surface area contributed by atoms with E-state index in [9.17, 15) is 9.59 Å². The molecular weight excluding hydrogens is 614 g/mol. The molecule has 3 aromatic rings. The Kier molecular flexibility index (Phi) is 7.57. The number of hydrogen-bond donors (Lipinski definition) is 1. The maximum atomic E-state index is 12.9. The number of imide groups is 1. The summed E-state index contributed by atoms with van der Waals surface area (Å²) in [4.78, 5) is 26.4. The van der Waals surface area contributed by atoms with Crippen LogP contribution in [-0.2, 0) is 11.4 Å². The molecular formula is C24H16Cl3IN2O4. The Balaban J connectivity index is 1.58. The molecule has 0 aromatic heterocycles. The van der Waals surface area contributed by atoms with Gasteiger partial charge in [0.1, 0.15) is 12.3 Å². The summed E-state index contributed by atoms with van der Waals surface area (Å²) >= 11 is 20.2. The fraction of sp³-hybridized carbons (Fsp3) is 0.0833. The summed E-state index contributed by atoms with van der Waals surface area (Å²) in [6.45, 7) is 0.216. The summed E-state index contributed by atoms with van der Waals surface area (Å²) in [7, 11) is 1.52. The molecule has 4 rings (SSSR count). The van der Waals surface area contributed by atoms with Gasteiger partial charge in [-0.3, -0.25) is 4.79 Å². The van der Waals surface area contributed by atoms with Crippen molar-refractivity contribution in [3.8, 4) is 11.5 Å². The van der Waals surface area contributed by atoms with Crippen LogP contribution in [0.25, 0.3) is 6.08 Å². The van der Waals surface area contributed by atoms with E-state index in [1.807, 2.05) is 6.07 Å².